The predicted molar refractivity (Wildman–Crippen MR) is 61.8 cm³/mol. The molecule has 1 fully saturated rings. The number of amides is 1. The fourth-order valence-corrected chi connectivity index (χ4v) is 1.64. The van der Waals surface area contributed by atoms with Gasteiger partial charge in [-0.05, 0) is 33.7 Å². The van der Waals surface area contributed by atoms with Gasteiger partial charge in [-0.25, -0.2) is 0 Å². The quantitative estimate of drug-likeness (QED) is 0.635. The van der Waals surface area contributed by atoms with Crippen molar-refractivity contribution in [3.05, 3.63) is 0 Å². The van der Waals surface area contributed by atoms with E-state index >= 15 is 0 Å². The van der Waals surface area contributed by atoms with Crippen LogP contribution in [0.25, 0.3) is 0 Å². The van der Waals surface area contributed by atoms with Gasteiger partial charge in [-0.2, -0.15) is 0 Å². The molecule has 1 aliphatic rings. The second kappa shape index (κ2) is 6.08. The number of likely N-dealkylation sites (N-methyl/N-ethyl adjacent to an activating group) is 2. The lowest BCUT2D eigenvalue weighted by Crippen LogP contribution is -2.42. The van der Waals surface area contributed by atoms with Crippen molar-refractivity contribution in [1.29, 1.82) is 0 Å². The van der Waals surface area contributed by atoms with Gasteiger partial charge < -0.3 is 10.6 Å². The zero-order valence-corrected chi connectivity index (χ0v) is 10.0. The van der Waals surface area contributed by atoms with Crippen molar-refractivity contribution in [3.63, 3.8) is 0 Å². The van der Waals surface area contributed by atoms with E-state index in [1.165, 1.54) is 12.8 Å². The highest BCUT2D eigenvalue weighted by atomic mass is 16.1. The molecule has 1 atom stereocenters. The number of carbonyl (C=O) groups excluding carboxylic acids is 1. The number of rotatable bonds is 7. The maximum Gasteiger partial charge on any atom is 0.233 e. The molecule has 0 bridgehead atoms. The van der Waals surface area contributed by atoms with Gasteiger partial charge >= 0.3 is 0 Å². The molecule has 0 aromatic carbocycles. The normalized spacial score (nSPS) is 17.9. The summed E-state index contributed by atoms with van der Waals surface area (Å²) in [6.07, 6.45) is 2.66. The lowest BCUT2D eigenvalue weighted by atomic mass is 10.3. The molecule has 0 heterocycles. The Hall–Kier alpha value is -0.610. The van der Waals surface area contributed by atoms with Crippen LogP contribution in [0.4, 0.5) is 0 Å². The summed E-state index contributed by atoms with van der Waals surface area (Å²) in [5, 5.41) is 5.95. The fourth-order valence-electron chi connectivity index (χ4n) is 1.64. The summed E-state index contributed by atoms with van der Waals surface area (Å²) in [6.45, 7) is 6.14. The zero-order chi connectivity index (χ0) is 11.3. The summed E-state index contributed by atoms with van der Waals surface area (Å²) in [5.74, 6) is 0.0822. The first-order valence-corrected chi connectivity index (χ1v) is 5.84. The first kappa shape index (κ1) is 12.5. The third-order valence-corrected chi connectivity index (χ3v) is 2.92. The van der Waals surface area contributed by atoms with E-state index in [0.717, 1.165) is 12.6 Å². The molecule has 1 unspecified atom stereocenters. The Labute approximate surface area is 92.4 Å². The van der Waals surface area contributed by atoms with E-state index in [1.54, 1.807) is 0 Å². The number of hydrogen-bond donors (Lipinski definition) is 2. The van der Waals surface area contributed by atoms with E-state index in [-0.39, 0.29) is 5.91 Å². The molecule has 0 aromatic rings. The van der Waals surface area contributed by atoms with Crippen LogP contribution in [0.15, 0.2) is 0 Å². The van der Waals surface area contributed by atoms with E-state index in [2.05, 4.69) is 29.5 Å². The topological polar surface area (TPSA) is 44.4 Å². The van der Waals surface area contributed by atoms with Crippen LogP contribution >= 0.6 is 0 Å². The zero-order valence-electron chi connectivity index (χ0n) is 10.0. The van der Waals surface area contributed by atoms with Crippen molar-refractivity contribution >= 4 is 5.91 Å². The lowest BCUT2D eigenvalue weighted by Gasteiger charge is -2.24. The van der Waals surface area contributed by atoms with Gasteiger partial charge in [-0.1, -0.05) is 0 Å². The van der Waals surface area contributed by atoms with Gasteiger partial charge in [0.25, 0.3) is 0 Å². The van der Waals surface area contributed by atoms with Gasteiger partial charge in [-0.15, -0.1) is 0 Å². The number of nitrogens with zero attached hydrogens (tertiary/aromatic N) is 1. The van der Waals surface area contributed by atoms with Crippen molar-refractivity contribution in [2.24, 2.45) is 0 Å². The van der Waals surface area contributed by atoms with Gasteiger partial charge in [0.2, 0.25) is 5.91 Å². The number of nitrogens with one attached hydrogen (secondary N) is 2. The Morgan fingerprint density at radius 1 is 1.53 bits per heavy atom. The van der Waals surface area contributed by atoms with E-state index < -0.39 is 0 Å². The van der Waals surface area contributed by atoms with Gasteiger partial charge in [-0.3, -0.25) is 9.69 Å². The van der Waals surface area contributed by atoms with E-state index in [9.17, 15) is 4.79 Å². The van der Waals surface area contributed by atoms with Crippen LogP contribution in [-0.2, 0) is 4.79 Å². The lowest BCUT2D eigenvalue weighted by molar-refractivity contribution is -0.120. The monoisotopic (exact) mass is 213 g/mol. The maximum atomic E-state index is 11.2. The Kier molecular flexibility index (Phi) is 5.05. The number of hydrogen-bond acceptors (Lipinski definition) is 3. The third-order valence-electron chi connectivity index (χ3n) is 2.92. The minimum absolute atomic E-state index is 0.0822. The maximum absolute atomic E-state index is 11.2. The van der Waals surface area contributed by atoms with Crippen LogP contribution in [0.3, 0.4) is 0 Å². The molecule has 0 saturated heterocycles. The van der Waals surface area contributed by atoms with Gasteiger partial charge in [0.15, 0.2) is 0 Å². The third kappa shape index (κ3) is 4.62. The van der Waals surface area contributed by atoms with E-state index in [1.807, 2.05) is 6.92 Å². The first-order valence-electron chi connectivity index (χ1n) is 5.84. The van der Waals surface area contributed by atoms with Crippen LogP contribution in [-0.4, -0.2) is 49.6 Å². The predicted octanol–water partition coefficient (Wildman–Crippen LogP) is 0.195. The molecule has 2 N–H and O–H groups in total. The Morgan fingerprint density at radius 3 is 2.73 bits per heavy atom. The molecule has 4 heteroatoms. The fraction of sp³-hybridized carbons (Fsp3) is 0.909. The van der Waals surface area contributed by atoms with Gasteiger partial charge in [0.05, 0.1) is 6.54 Å². The molecule has 1 rings (SSSR count). The van der Waals surface area contributed by atoms with Crippen LogP contribution in [0, 0.1) is 0 Å². The summed E-state index contributed by atoms with van der Waals surface area (Å²) in [4.78, 5) is 13.5. The smallest absolute Gasteiger partial charge is 0.233 e. The SMILES string of the molecule is CCNC(=O)CNCC(C)N(C)C1CC1. The Bertz CT molecular complexity index is 204. The van der Waals surface area contributed by atoms with Gasteiger partial charge in [0, 0.05) is 25.2 Å². The summed E-state index contributed by atoms with van der Waals surface area (Å²) >= 11 is 0. The highest BCUT2D eigenvalue weighted by molar-refractivity contribution is 5.77. The molecule has 0 spiro atoms. The van der Waals surface area contributed by atoms with Crippen LogP contribution in [0.2, 0.25) is 0 Å². The summed E-state index contributed by atoms with van der Waals surface area (Å²) in [6, 6.07) is 1.29. The summed E-state index contributed by atoms with van der Waals surface area (Å²) < 4.78 is 0. The largest absolute Gasteiger partial charge is 0.355 e. The Morgan fingerprint density at radius 2 is 2.20 bits per heavy atom. The number of carbonyl (C=O) groups is 1. The molecule has 15 heavy (non-hydrogen) atoms. The molecule has 0 aromatic heterocycles. The van der Waals surface area contributed by atoms with Crippen LogP contribution in [0.5, 0.6) is 0 Å². The standard InChI is InChI=1S/C11H23N3O/c1-4-13-11(15)8-12-7-9(2)14(3)10-5-6-10/h9-10,12H,4-8H2,1-3H3,(H,13,15). The molecule has 1 aliphatic carbocycles. The van der Waals surface area contributed by atoms with Crippen molar-refractivity contribution < 1.29 is 4.79 Å². The molecule has 1 amide bonds. The molecule has 0 aliphatic heterocycles. The molecule has 4 nitrogen and oxygen atoms in total. The molecule has 1 saturated carbocycles. The summed E-state index contributed by atoms with van der Waals surface area (Å²) in [5.41, 5.74) is 0. The van der Waals surface area contributed by atoms with E-state index in [0.29, 0.717) is 19.1 Å². The first-order chi connectivity index (χ1) is 7.15. The van der Waals surface area contributed by atoms with Crippen molar-refractivity contribution in [2.75, 3.05) is 26.7 Å². The summed E-state index contributed by atoms with van der Waals surface area (Å²) in [7, 11) is 2.16. The second-order valence-corrected chi connectivity index (χ2v) is 4.33. The molecule has 0 radical (unpaired) electrons. The second-order valence-electron chi connectivity index (χ2n) is 4.33. The van der Waals surface area contributed by atoms with Crippen molar-refractivity contribution in [1.82, 2.24) is 15.5 Å². The average Bonchev–Trinajstić information content (AvgIpc) is 3.00. The van der Waals surface area contributed by atoms with Crippen LogP contribution < -0.4 is 10.6 Å². The average molecular weight is 213 g/mol. The van der Waals surface area contributed by atoms with Crippen LogP contribution in [0.1, 0.15) is 26.7 Å². The van der Waals surface area contributed by atoms with E-state index in [4.69, 9.17) is 0 Å². The minimum atomic E-state index is 0.0822. The highest BCUT2D eigenvalue weighted by Crippen LogP contribution is 2.26. The Balaban J connectivity index is 2.05. The van der Waals surface area contributed by atoms with Crippen molar-refractivity contribution in [3.8, 4) is 0 Å². The molecular weight excluding hydrogens is 190 g/mol. The highest BCUT2D eigenvalue weighted by Gasteiger charge is 2.28. The minimum Gasteiger partial charge on any atom is -0.355 e. The molecule has 88 valence electrons. The van der Waals surface area contributed by atoms with Crippen molar-refractivity contribution in [2.45, 2.75) is 38.8 Å². The molecular formula is C11H23N3O. The van der Waals surface area contributed by atoms with Gasteiger partial charge in [0.1, 0.15) is 0 Å².